The van der Waals surface area contributed by atoms with Gasteiger partial charge in [0.05, 0.1) is 0 Å². The van der Waals surface area contributed by atoms with E-state index in [1.54, 1.807) is 12.1 Å². The Hall–Kier alpha value is -2.04. The summed E-state index contributed by atoms with van der Waals surface area (Å²) in [5.41, 5.74) is 0. The first-order valence-corrected chi connectivity index (χ1v) is 7.25. The predicted octanol–water partition coefficient (Wildman–Crippen LogP) is 2.17. The van der Waals surface area contributed by atoms with E-state index in [-0.39, 0.29) is 11.8 Å². The van der Waals surface area contributed by atoms with E-state index in [4.69, 9.17) is 4.74 Å². The van der Waals surface area contributed by atoms with E-state index in [0.29, 0.717) is 18.7 Å². The largest absolute Gasteiger partial charge is 0.480 e. The van der Waals surface area contributed by atoms with Crippen LogP contribution in [0.2, 0.25) is 0 Å². The molecule has 0 radical (unpaired) electrons. The standard InChI is InChI=1S/C16H21NO4/c1-11(2)14(21-12-7-4-3-5-8-12)15(18)17-10-6-9-13(17)16(19)20/h3-5,7-8,11,13-14H,6,9-10H2,1-2H3,(H,19,20). The average molecular weight is 291 g/mol. The van der Waals surface area contributed by atoms with Gasteiger partial charge in [0.15, 0.2) is 6.10 Å². The lowest BCUT2D eigenvalue weighted by Gasteiger charge is -2.29. The second-order valence-electron chi connectivity index (χ2n) is 5.62. The van der Waals surface area contributed by atoms with Gasteiger partial charge >= 0.3 is 5.97 Å². The molecule has 1 N–H and O–H groups in total. The van der Waals surface area contributed by atoms with Crippen LogP contribution in [0, 0.1) is 5.92 Å². The monoisotopic (exact) mass is 291 g/mol. The summed E-state index contributed by atoms with van der Waals surface area (Å²) in [6.07, 6.45) is 0.572. The molecule has 0 aliphatic carbocycles. The van der Waals surface area contributed by atoms with Crippen molar-refractivity contribution in [2.45, 2.75) is 38.8 Å². The molecule has 2 unspecified atom stereocenters. The molecular weight excluding hydrogens is 270 g/mol. The summed E-state index contributed by atoms with van der Waals surface area (Å²) < 4.78 is 5.79. The molecule has 5 nitrogen and oxygen atoms in total. The van der Waals surface area contributed by atoms with Crippen molar-refractivity contribution < 1.29 is 19.4 Å². The number of carboxylic acid groups (broad SMARTS) is 1. The molecule has 1 saturated heterocycles. The smallest absolute Gasteiger partial charge is 0.326 e. The Morgan fingerprint density at radius 1 is 1.29 bits per heavy atom. The van der Waals surface area contributed by atoms with E-state index < -0.39 is 18.1 Å². The number of carboxylic acids is 1. The number of benzene rings is 1. The molecule has 0 bridgehead atoms. The molecule has 5 heteroatoms. The van der Waals surface area contributed by atoms with E-state index in [1.807, 2.05) is 32.0 Å². The van der Waals surface area contributed by atoms with Crippen LogP contribution >= 0.6 is 0 Å². The zero-order chi connectivity index (χ0) is 15.4. The van der Waals surface area contributed by atoms with Gasteiger partial charge in [0.2, 0.25) is 0 Å². The van der Waals surface area contributed by atoms with Crippen molar-refractivity contribution in [1.82, 2.24) is 4.90 Å². The first kappa shape index (κ1) is 15.4. The van der Waals surface area contributed by atoms with Gasteiger partial charge in [-0.1, -0.05) is 32.0 Å². The van der Waals surface area contributed by atoms with Gasteiger partial charge in [-0.25, -0.2) is 4.79 Å². The number of likely N-dealkylation sites (tertiary alicyclic amines) is 1. The molecule has 2 atom stereocenters. The Morgan fingerprint density at radius 3 is 2.52 bits per heavy atom. The average Bonchev–Trinajstić information content (AvgIpc) is 2.94. The Labute approximate surface area is 124 Å². The summed E-state index contributed by atoms with van der Waals surface area (Å²) in [5, 5.41) is 9.21. The highest BCUT2D eigenvalue weighted by Crippen LogP contribution is 2.23. The Balaban J connectivity index is 2.14. The lowest BCUT2D eigenvalue weighted by Crippen LogP contribution is -2.49. The summed E-state index contributed by atoms with van der Waals surface area (Å²) in [7, 11) is 0. The van der Waals surface area contributed by atoms with Gasteiger partial charge < -0.3 is 14.7 Å². The van der Waals surface area contributed by atoms with Crippen molar-refractivity contribution in [3.63, 3.8) is 0 Å². The molecule has 114 valence electrons. The summed E-state index contributed by atoms with van der Waals surface area (Å²) in [4.78, 5) is 25.3. The van der Waals surface area contributed by atoms with Crippen LogP contribution in [0.5, 0.6) is 5.75 Å². The highest BCUT2D eigenvalue weighted by atomic mass is 16.5. The minimum Gasteiger partial charge on any atom is -0.480 e. The van der Waals surface area contributed by atoms with Crippen molar-refractivity contribution in [3.05, 3.63) is 30.3 Å². The fraction of sp³-hybridized carbons (Fsp3) is 0.500. The van der Waals surface area contributed by atoms with Crippen molar-refractivity contribution in [2.24, 2.45) is 5.92 Å². The first-order chi connectivity index (χ1) is 10.0. The molecule has 21 heavy (non-hydrogen) atoms. The maximum absolute atomic E-state index is 12.6. The molecular formula is C16H21NO4. The third kappa shape index (κ3) is 3.54. The Bertz CT molecular complexity index is 500. The SMILES string of the molecule is CC(C)C(Oc1ccccc1)C(=O)N1CCCC1C(=O)O. The lowest BCUT2D eigenvalue weighted by atomic mass is 10.1. The van der Waals surface area contributed by atoms with Crippen LogP contribution in [0.15, 0.2) is 30.3 Å². The van der Waals surface area contributed by atoms with Crippen molar-refractivity contribution >= 4 is 11.9 Å². The molecule has 0 saturated carbocycles. The predicted molar refractivity (Wildman–Crippen MR) is 78.1 cm³/mol. The number of ether oxygens (including phenoxy) is 1. The third-order valence-corrected chi connectivity index (χ3v) is 3.68. The van der Waals surface area contributed by atoms with Gasteiger partial charge in [-0.3, -0.25) is 4.79 Å². The van der Waals surface area contributed by atoms with Crippen molar-refractivity contribution in [3.8, 4) is 5.75 Å². The van der Waals surface area contributed by atoms with E-state index in [9.17, 15) is 14.7 Å². The molecule has 1 aliphatic rings. The van der Waals surface area contributed by atoms with Crippen LogP contribution in [0.1, 0.15) is 26.7 Å². The maximum Gasteiger partial charge on any atom is 0.326 e. The van der Waals surface area contributed by atoms with Gasteiger partial charge in [-0.2, -0.15) is 0 Å². The quantitative estimate of drug-likeness (QED) is 0.903. The topological polar surface area (TPSA) is 66.8 Å². The number of carbonyl (C=O) groups excluding carboxylic acids is 1. The molecule has 1 heterocycles. The molecule has 1 aliphatic heterocycles. The van der Waals surface area contributed by atoms with Crippen LogP contribution in [-0.4, -0.2) is 40.6 Å². The molecule has 1 aromatic carbocycles. The molecule has 2 rings (SSSR count). The maximum atomic E-state index is 12.6. The number of hydrogen-bond acceptors (Lipinski definition) is 3. The minimum atomic E-state index is -0.942. The van der Waals surface area contributed by atoms with Gasteiger partial charge in [0, 0.05) is 6.54 Å². The van der Waals surface area contributed by atoms with Crippen LogP contribution in [0.3, 0.4) is 0 Å². The number of para-hydroxylation sites is 1. The van der Waals surface area contributed by atoms with Crippen LogP contribution in [-0.2, 0) is 9.59 Å². The fourth-order valence-corrected chi connectivity index (χ4v) is 2.57. The highest BCUT2D eigenvalue weighted by Gasteiger charge is 2.39. The summed E-state index contributed by atoms with van der Waals surface area (Å²) in [6, 6.07) is 8.42. The summed E-state index contributed by atoms with van der Waals surface area (Å²) in [6.45, 7) is 4.28. The first-order valence-electron chi connectivity index (χ1n) is 7.25. The van der Waals surface area contributed by atoms with Gasteiger partial charge in [-0.15, -0.1) is 0 Å². The number of nitrogens with zero attached hydrogens (tertiary/aromatic N) is 1. The van der Waals surface area contributed by atoms with Crippen LogP contribution < -0.4 is 4.74 Å². The number of amides is 1. The number of aliphatic carboxylic acids is 1. The lowest BCUT2D eigenvalue weighted by molar-refractivity contribution is -0.152. The molecule has 1 fully saturated rings. The summed E-state index contributed by atoms with van der Waals surface area (Å²) in [5.74, 6) is -0.592. The third-order valence-electron chi connectivity index (χ3n) is 3.68. The van der Waals surface area contributed by atoms with Crippen molar-refractivity contribution in [2.75, 3.05) is 6.54 Å². The molecule has 1 aromatic rings. The number of hydrogen-bond donors (Lipinski definition) is 1. The minimum absolute atomic E-state index is 0.0345. The van der Waals surface area contributed by atoms with Crippen LogP contribution in [0.25, 0.3) is 0 Å². The molecule has 0 spiro atoms. The van der Waals surface area contributed by atoms with E-state index in [1.165, 1.54) is 4.90 Å². The van der Waals surface area contributed by atoms with E-state index in [2.05, 4.69) is 0 Å². The van der Waals surface area contributed by atoms with E-state index >= 15 is 0 Å². The Morgan fingerprint density at radius 2 is 1.95 bits per heavy atom. The number of rotatable bonds is 5. The normalized spacial score (nSPS) is 19.6. The van der Waals surface area contributed by atoms with E-state index in [0.717, 1.165) is 6.42 Å². The zero-order valence-electron chi connectivity index (χ0n) is 12.4. The molecule has 1 amide bonds. The van der Waals surface area contributed by atoms with Crippen LogP contribution in [0.4, 0.5) is 0 Å². The second-order valence-corrected chi connectivity index (χ2v) is 5.62. The molecule has 0 aromatic heterocycles. The second kappa shape index (κ2) is 6.61. The summed E-state index contributed by atoms with van der Waals surface area (Å²) >= 11 is 0. The highest BCUT2D eigenvalue weighted by molar-refractivity contribution is 5.87. The van der Waals surface area contributed by atoms with Gasteiger partial charge in [0.25, 0.3) is 5.91 Å². The fourth-order valence-electron chi connectivity index (χ4n) is 2.57. The van der Waals surface area contributed by atoms with Gasteiger partial charge in [0.1, 0.15) is 11.8 Å². The van der Waals surface area contributed by atoms with Crippen molar-refractivity contribution in [1.29, 1.82) is 0 Å². The number of carbonyl (C=O) groups is 2. The Kier molecular flexibility index (Phi) is 4.83. The van der Waals surface area contributed by atoms with Gasteiger partial charge in [-0.05, 0) is 30.9 Å². The zero-order valence-corrected chi connectivity index (χ0v) is 12.4.